The molecule has 0 saturated heterocycles. The van der Waals surface area contributed by atoms with Crippen LogP contribution in [0.2, 0.25) is 0 Å². The van der Waals surface area contributed by atoms with E-state index in [2.05, 4.69) is 20.6 Å². The van der Waals surface area contributed by atoms with E-state index in [0.717, 1.165) is 12.1 Å². The van der Waals surface area contributed by atoms with Crippen molar-refractivity contribution < 1.29 is 18.0 Å². The van der Waals surface area contributed by atoms with Crippen LogP contribution in [-0.2, 0) is 0 Å². The Bertz CT molecular complexity index is 706. The van der Waals surface area contributed by atoms with Gasteiger partial charge in [-0.05, 0) is 32.0 Å². The molecule has 1 amide bonds. The maximum Gasteiger partial charge on any atom is 0.270 e. The van der Waals surface area contributed by atoms with Crippen LogP contribution in [0.3, 0.4) is 0 Å². The molecule has 0 radical (unpaired) electrons. The predicted molar refractivity (Wildman–Crippen MR) is 74.2 cm³/mol. The highest BCUT2D eigenvalue weighted by atomic mass is 19.2. The second-order valence-corrected chi connectivity index (χ2v) is 4.74. The van der Waals surface area contributed by atoms with Gasteiger partial charge in [-0.15, -0.1) is 0 Å². The topological polar surface area (TPSA) is 66.9 Å². The van der Waals surface area contributed by atoms with Gasteiger partial charge in [-0.1, -0.05) is 0 Å². The fourth-order valence-electron chi connectivity index (χ4n) is 1.62. The quantitative estimate of drug-likeness (QED) is 0.852. The molecule has 116 valence electrons. The number of carbonyl (C=O) groups excluding carboxylic acids is 1. The zero-order chi connectivity index (χ0) is 16.3. The first kappa shape index (κ1) is 15.7. The van der Waals surface area contributed by atoms with Crippen LogP contribution in [0.1, 0.15) is 24.3 Å². The number of rotatable bonds is 4. The molecule has 0 unspecified atom stereocenters. The van der Waals surface area contributed by atoms with E-state index in [-0.39, 0.29) is 23.4 Å². The molecule has 22 heavy (non-hydrogen) atoms. The lowest BCUT2D eigenvalue weighted by atomic mass is 10.3. The summed E-state index contributed by atoms with van der Waals surface area (Å²) in [4.78, 5) is 19.5. The number of carbonyl (C=O) groups is 1. The van der Waals surface area contributed by atoms with E-state index in [4.69, 9.17) is 0 Å². The van der Waals surface area contributed by atoms with E-state index in [9.17, 15) is 18.0 Å². The molecule has 0 atom stereocenters. The maximum atomic E-state index is 13.6. The van der Waals surface area contributed by atoms with Crippen molar-refractivity contribution in [2.45, 2.75) is 19.9 Å². The average Bonchev–Trinajstić information content (AvgIpc) is 2.47. The zero-order valence-electron chi connectivity index (χ0n) is 11.8. The molecule has 1 aromatic carbocycles. The van der Waals surface area contributed by atoms with Gasteiger partial charge >= 0.3 is 0 Å². The van der Waals surface area contributed by atoms with E-state index >= 15 is 0 Å². The van der Waals surface area contributed by atoms with Crippen LogP contribution < -0.4 is 10.6 Å². The lowest BCUT2D eigenvalue weighted by Crippen LogP contribution is -2.30. The van der Waals surface area contributed by atoms with E-state index in [0.29, 0.717) is 0 Å². The van der Waals surface area contributed by atoms with Crippen LogP contribution >= 0.6 is 0 Å². The summed E-state index contributed by atoms with van der Waals surface area (Å²) in [7, 11) is 0. The van der Waals surface area contributed by atoms with Gasteiger partial charge in [0.25, 0.3) is 5.91 Å². The Morgan fingerprint density at radius 2 is 1.86 bits per heavy atom. The molecule has 2 aromatic rings. The molecule has 5 nitrogen and oxygen atoms in total. The number of halogens is 3. The number of benzene rings is 1. The van der Waals surface area contributed by atoms with Crippen LogP contribution in [0.4, 0.5) is 24.8 Å². The molecule has 0 fully saturated rings. The normalized spacial score (nSPS) is 10.6. The fraction of sp³-hybridized carbons (Fsp3) is 0.214. The van der Waals surface area contributed by atoms with Crippen molar-refractivity contribution in [2.24, 2.45) is 0 Å². The smallest absolute Gasteiger partial charge is 0.270 e. The molecule has 0 spiro atoms. The molecule has 1 heterocycles. The Morgan fingerprint density at radius 1 is 1.14 bits per heavy atom. The summed E-state index contributed by atoms with van der Waals surface area (Å²) in [5, 5.41) is 5.04. The Hall–Kier alpha value is -2.64. The van der Waals surface area contributed by atoms with Crippen LogP contribution in [0.5, 0.6) is 0 Å². The van der Waals surface area contributed by atoms with Crippen molar-refractivity contribution >= 4 is 17.5 Å². The summed E-state index contributed by atoms with van der Waals surface area (Å²) >= 11 is 0. The van der Waals surface area contributed by atoms with Gasteiger partial charge < -0.3 is 10.6 Å². The van der Waals surface area contributed by atoms with E-state index in [1.54, 1.807) is 13.8 Å². The minimum absolute atomic E-state index is 0.0641. The van der Waals surface area contributed by atoms with Crippen LogP contribution in [0, 0.1) is 17.5 Å². The minimum Gasteiger partial charge on any atom is -0.349 e. The van der Waals surface area contributed by atoms with Gasteiger partial charge in [-0.3, -0.25) is 4.79 Å². The van der Waals surface area contributed by atoms with Gasteiger partial charge in [0.2, 0.25) is 5.95 Å². The summed E-state index contributed by atoms with van der Waals surface area (Å²) in [5.74, 6) is -4.82. The maximum absolute atomic E-state index is 13.6. The molecular formula is C14H13F3N4O. The molecular weight excluding hydrogens is 297 g/mol. The third-order valence-corrected chi connectivity index (χ3v) is 2.59. The average molecular weight is 310 g/mol. The summed E-state index contributed by atoms with van der Waals surface area (Å²) < 4.78 is 39.6. The molecule has 2 rings (SSSR count). The van der Waals surface area contributed by atoms with Crippen molar-refractivity contribution in [2.75, 3.05) is 5.32 Å². The van der Waals surface area contributed by atoms with Crippen molar-refractivity contribution in [3.8, 4) is 0 Å². The summed E-state index contributed by atoms with van der Waals surface area (Å²) in [6, 6.07) is 3.08. The largest absolute Gasteiger partial charge is 0.349 e. The van der Waals surface area contributed by atoms with Crippen molar-refractivity contribution in [1.82, 2.24) is 15.3 Å². The van der Waals surface area contributed by atoms with Crippen molar-refractivity contribution in [3.05, 3.63) is 47.5 Å². The van der Waals surface area contributed by atoms with Crippen molar-refractivity contribution in [3.63, 3.8) is 0 Å². The second kappa shape index (κ2) is 6.42. The number of hydrogen-bond acceptors (Lipinski definition) is 4. The monoisotopic (exact) mass is 310 g/mol. The van der Waals surface area contributed by atoms with Crippen LogP contribution in [0.15, 0.2) is 24.4 Å². The molecule has 2 N–H and O–H groups in total. The first-order valence-electron chi connectivity index (χ1n) is 6.43. The highest BCUT2D eigenvalue weighted by Crippen LogP contribution is 2.21. The van der Waals surface area contributed by atoms with Gasteiger partial charge in [0.1, 0.15) is 5.69 Å². The van der Waals surface area contributed by atoms with Gasteiger partial charge in [-0.2, -0.15) is 0 Å². The number of nitrogens with one attached hydrogen (secondary N) is 2. The molecule has 0 bridgehead atoms. The molecule has 0 aliphatic rings. The van der Waals surface area contributed by atoms with Crippen LogP contribution in [0.25, 0.3) is 0 Å². The molecule has 0 saturated carbocycles. The van der Waals surface area contributed by atoms with E-state index in [1.807, 2.05) is 0 Å². The standard InChI is InChI=1S/C14H13F3N4O/c1-7(2)19-13(22)10-5-6-18-14(21-10)20-9-4-3-8(15)11(16)12(9)17/h3-7H,1-2H3,(H,19,22)(H,18,20,21). The highest BCUT2D eigenvalue weighted by Gasteiger charge is 2.15. The third kappa shape index (κ3) is 3.51. The predicted octanol–water partition coefficient (Wildman–Crippen LogP) is 2.78. The third-order valence-electron chi connectivity index (χ3n) is 2.59. The zero-order valence-corrected chi connectivity index (χ0v) is 11.8. The molecule has 0 aliphatic carbocycles. The lowest BCUT2D eigenvalue weighted by molar-refractivity contribution is 0.0938. The molecule has 8 heteroatoms. The number of hydrogen-bond donors (Lipinski definition) is 2. The van der Waals surface area contributed by atoms with E-state index in [1.165, 1.54) is 12.3 Å². The molecule has 0 aliphatic heterocycles. The van der Waals surface area contributed by atoms with Gasteiger partial charge in [0.15, 0.2) is 17.5 Å². The number of aromatic nitrogens is 2. The summed E-state index contributed by atoms with van der Waals surface area (Å²) in [6.45, 7) is 3.57. The second-order valence-electron chi connectivity index (χ2n) is 4.74. The van der Waals surface area contributed by atoms with E-state index < -0.39 is 23.4 Å². The summed E-state index contributed by atoms with van der Waals surface area (Å²) in [5.41, 5.74) is -0.269. The first-order chi connectivity index (χ1) is 10.4. The van der Waals surface area contributed by atoms with Crippen LogP contribution in [-0.4, -0.2) is 21.9 Å². The number of nitrogens with zero attached hydrogens (tertiary/aromatic N) is 2. The number of anilines is 2. The first-order valence-corrected chi connectivity index (χ1v) is 6.43. The summed E-state index contributed by atoms with van der Waals surface area (Å²) in [6.07, 6.45) is 1.29. The Labute approximate surface area is 124 Å². The Balaban J connectivity index is 2.24. The van der Waals surface area contributed by atoms with Gasteiger partial charge in [0.05, 0.1) is 5.69 Å². The Kier molecular flexibility index (Phi) is 4.59. The number of amides is 1. The fourth-order valence-corrected chi connectivity index (χ4v) is 1.62. The van der Waals surface area contributed by atoms with Gasteiger partial charge in [-0.25, -0.2) is 23.1 Å². The SMILES string of the molecule is CC(C)NC(=O)c1ccnc(Nc2ccc(F)c(F)c2F)n1. The molecule has 1 aromatic heterocycles. The Morgan fingerprint density at radius 3 is 2.55 bits per heavy atom. The van der Waals surface area contributed by atoms with Gasteiger partial charge in [0, 0.05) is 12.2 Å². The highest BCUT2D eigenvalue weighted by molar-refractivity contribution is 5.92. The lowest BCUT2D eigenvalue weighted by Gasteiger charge is -2.10. The van der Waals surface area contributed by atoms with Crippen molar-refractivity contribution in [1.29, 1.82) is 0 Å². The minimum atomic E-state index is -1.60.